The Hall–Kier alpha value is -2.55. The van der Waals surface area contributed by atoms with Gasteiger partial charge in [0, 0.05) is 25.5 Å². The molecule has 0 spiro atoms. The number of nitrogens with one attached hydrogen (secondary N) is 2. The van der Waals surface area contributed by atoms with Gasteiger partial charge in [-0.3, -0.25) is 10.1 Å². The SMILES string of the molecule is Cn1nc(C2CCNCC2)nc1NC(=O)CCCOc1ccc(F)cc1F. The summed E-state index contributed by atoms with van der Waals surface area (Å²) in [7, 11) is 1.74. The number of piperidine rings is 1. The Morgan fingerprint density at radius 3 is 2.89 bits per heavy atom. The Bertz CT molecular complexity index is 790. The van der Waals surface area contributed by atoms with Crippen LogP contribution in [0.25, 0.3) is 0 Å². The molecule has 2 aromatic rings. The maximum Gasteiger partial charge on any atom is 0.227 e. The van der Waals surface area contributed by atoms with Gasteiger partial charge < -0.3 is 10.1 Å². The molecule has 0 radical (unpaired) electrons. The molecule has 0 atom stereocenters. The summed E-state index contributed by atoms with van der Waals surface area (Å²) >= 11 is 0. The summed E-state index contributed by atoms with van der Waals surface area (Å²) in [4.78, 5) is 16.5. The van der Waals surface area contributed by atoms with Gasteiger partial charge in [-0.05, 0) is 44.5 Å². The third-order valence-electron chi connectivity index (χ3n) is 4.43. The van der Waals surface area contributed by atoms with Crippen molar-refractivity contribution in [1.29, 1.82) is 0 Å². The second-order valence-electron chi connectivity index (χ2n) is 6.52. The maximum atomic E-state index is 13.5. The van der Waals surface area contributed by atoms with E-state index >= 15 is 0 Å². The molecule has 1 aromatic heterocycles. The lowest BCUT2D eigenvalue weighted by atomic mass is 9.98. The number of amides is 1. The molecule has 0 bridgehead atoms. The average molecular weight is 379 g/mol. The standard InChI is InChI=1S/C18H23F2N5O2/c1-25-18(23-17(24-25)12-6-8-21-9-7-12)22-16(26)3-2-10-27-15-5-4-13(19)11-14(15)20/h4-5,11-12,21H,2-3,6-10H2,1H3,(H,22,23,24,26). The molecule has 7 nitrogen and oxygen atoms in total. The molecule has 2 heterocycles. The van der Waals surface area contributed by atoms with Crippen LogP contribution in [0.5, 0.6) is 5.75 Å². The summed E-state index contributed by atoms with van der Waals surface area (Å²) in [6.45, 7) is 2.04. The van der Waals surface area contributed by atoms with Gasteiger partial charge in [0.25, 0.3) is 0 Å². The monoisotopic (exact) mass is 379 g/mol. The highest BCUT2D eigenvalue weighted by molar-refractivity contribution is 5.88. The Labute approximate surface area is 156 Å². The molecular weight excluding hydrogens is 356 g/mol. The largest absolute Gasteiger partial charge is 0.491 e. The van der Waals surface area contributed by atoms with Crippen LogP contribution >= 0.6 is 0 Å². The molecule has 0 unspecified atom stereocenters. The molecule has 27 heavy (non-hydrogen) atoms. The van der Waals surface area contributed by atoms with E-state index in [-0.39, 0.29) is 24.7 Å². The van der Waals surface area contributed by atoms with Crippen LogP contribution in [0.3, 0.4) is 0 Å². The number of carbonyl (C=O) groups excluding carboxylic acids is 1. The van der Waals surface area contributed by atoms with Gasteiger partial charge in [0.05, 0.1) is 6.61 Å². The smallest absolute Gasteiger partial charge is 0.227 e. The van der Waals surface area contributed by atoms with Crippen molar-refractivity contribution in [1.82, 2.24) is 20.1 Å². The first-order chi connectivity index (χ1) is 13.0. The highest BCUT2D eigenvalue weighted by Gasteiger charge is 2.21. The predicted molar refractivity (Wildman–Crippen MR) is 95.6 cm³/mol. The van der Waals surface area contributed by atoms with Crippen molar-refractivity contribution >= 4 is 11.9 Å². The molecule has 0 aliphatic carbocycles. The van der Waals surface area contributed by atoms with Crippen LogP contribution in [0.2, 0.25) is 0 Å². The summed E-state index contributed by atoms with van der Waals surface area (Å²) in [6.07, 6.45) is 2.55. The van der Waals surface area contributed by atoms with Gasteiger partial charge in [-0.2, -0.15) is 10.1 Å². The highest BCUT2D eigenvalue weighted by Crippen LogP contribution is 2.23. The minimum atomic E-state index is -0.760. The topological polar surface area (TPSA) is 81.1 Å². The third-order valence-corrected chi connectivity index (χ3v) is 4.43. The van der Waals surface area contributed by atoms with Gasteiger partial charge in [0.2, 0.25) is 11.9 Å². The van der Waals surface area contributed by atoms with Crippen LogP contribution in [0, 0.1) is 11.6 Å². The van der Waals surface area contributed by atoms with Crippen molar-refractivity contribution in [3.8, 4) is 5.75 Å². The lowest BCUT2D eigenvalue weighted by molar-refractivity contribution is -0.116. The number of aryl methyl sites for hydroxylation is 1. The molecule has 1 amide bonds. The van der Waals surface area contributed by atoms with Crippen LogP contribution in [-0.4, -0.2) is 40.4 Å². The summed E-state index contributed by atoms with van der Waals surface area (Å²) in [6, 6.07) is 3.11. The lowest BCUT2D eigenvalue weighted by Gasteiger charge is -2.19. The Morgan fingerprint density at radius 1 is 1.37 bits per heavy atom. The second-order valence-corrected chi connectivity index (χ2v) is 6.52. The number of benzene rings is 1. The van der Waals surface area contributed by atoms with E-state index in [0.717, 1.165) is 43.9 Å². The zero-order valence-electron chi connectivity index (χ0n) is 15.2. The van der Waals surface area contributed by atoms with E-state index in [1.54, 1.807) is 11.7 Å². The normalized spacial score (nSPS) is 14.9. The van der Waals surface area contributed by atoms with Crippen LogP contribution in [0.15, 0.2) is 18.2 Å². The molecule has 1 saturated heterocycles. The maximum absolute atomic E-state index is 13.5. The number of rotatable bonds is 7. The second kappa shape index (κ2) is 8.90. The van der Waals surface area contributed by atoms with E-state index in [9.17, 15) is 13.6 Å². The first-order valence-corrected chi connectivity index (χ1v) is 9.02. The van der Waals surface area contributed by atoms with E-state index in [4.69, 9.17) is 4.74 Å². The molecule has 146 valence electrons. The van der Waals surface area contributed by atoms with Gasteiger partial charge in [-0.25, -0.2) is 13.5 Å². The van der Waals surface area contributed by atoms with Crippen molar-refractivity contribution in [2.75, 3.05) is 25.0 Å². The number of anilines is 1. The summed E-state index contributed by atoms with van der Waals surface area (Å²) in [5.41, 5.74) is 0. The Morgan fingerprint density at radius 2 is 2.15 bits per heavy atom. The van der Waals surface area contributed by atoms with Crippen LogP contribution in [-0.2, 0) is 11.8 Å². The fourth-order valence-corrected chi connectivity index (χ4v) is 2.96. The van der Waals surface area contributed by atoms with E-state index in [0.29, 0.717) is 18.3 Å². The van der Waals surface area contributed by atoms with Crippen molar-refractivity contribution in [3.63, 3.8) is 0 Å². The molecule has 1 fully saturated rings. The molecular formula is C18H23F2N5O2. The Balaban J connectivity index is 1.44. The molecule has 2 N–H and O–H groups in total. The summed E-state index contributed by atoms with van der Waals surface area (Å²) in [5.74, 6) is -0.191. The number of aromatic nitrogens is 3. The quantitative estimate of drug-likeness (QED) is 0.722. The van der Waals surface area contributed by atoms with Crippen molar-refractivity contribution in [3.05, 3.63) is 35.7 Å². The number of hydrogen-bond acceptors (Lipinski definition) is 5. The third kappa shape index (κ3) is 5.22. The summed E-state index contributed by atoms with van der Waals surface area (Å²) in [5, 5.41) is 10.4. The number of hydrogen-bond donors (Lipinski definition) is 2. The van der Waals surface area contributed by atoms with E-state index in [1.165, 1.54) is 6.07 Å². The van der Waals surface area contributed by atoms with Gasteiger partial charge in [0.1, 0.15) is 5.82 Å². The zero-order chi connectivity index (χ0) is 19.2. The van der Waals surface area contributed by atoms with Crippen molar-refractivity contribution in [2.45, 2.75) is 31.6 Å². The van der Waals surface area contributed by atoms with Gasteiger partial charge >= 0.3 is 0 Å². The molecule has 0 saturated carbocycles. The zero-order valence-corrected chi connectivity index (χ0v) is 15.2. The highest BCUT2D eigenvalue weighted by atomic mass is 19.1. The fraction of sp³-hybridized carbons (Fsp3) is 0.500. The van der Waals surface area contributed by atoms with Gasteiger partial charge in [-0.15, -0.1) is 0 Å². The average Bonchev–Trinajstić information content (AvgIpc) is 3.01. The van der Waals surface area contributed by atoms with Crippen molar-refractivity contribution in [2.24, 2.45) is 7.05 Å². The number of nitrogens with zero attached hydrogens (tertiary/aromatic N) is 3. The molecule has 1 aromatic carbocycles. The summed E-state index contributed by atoms with van der Waals surface area (Å²) < 4.78 is 33.1. The molecule has 9 heteroatoms. The van der Waals surface area contributed by atoms with E-state index in [1.807, 2.05) is 0 Å². The first-order valence-electron chi connectivity index (χ1n) is 9.02. The fourth-order valence-electron chi connectivity index (χ4n) is 2.96. The lowest BCUT2D eigenvalue weighted by Crippen LogP contribution is -2.27. The Kier molecular flexibility index (Phi) is 6.33. The molecule has 3 rings (SSSR count). The van der Waals surface area contributed by atoms with E-state index in [2.05, 4.69) is 20.7 Å². The number of ether oxygens (including phenoxy) is 1. The van der Waals surface area contributed by atoms with Crippen LogP contribution < -0.4 is 15.4 Å². The number of halogens is 2. The first kappa shape index (κ1) is 19.2. The van der Waals surface area contributed by atoms with Gasteiger partial charge in [0.15, 0.2) is 17.4 Å². The van der Waals surface area contributed by atoms with E-state index < -0.39 is 11.6 Å². The molecule has 1 aliphatic rings. The minimum Gasteiger partial charge on any atom is -0.491 e. The predicted octanol–water partition coefficient (Wildman–Crippen LogP) is 2.36. The van der Waals surface area contributed by atoms with Crippen LogP contribution in [0.1, 0.15) is 37.4 Å². The van der Waals surface area contributed by atoms with Crippen molar-refractivity contribution < 1.29 is 18.3 Å². The minimum absolute atomic E-state index is 0.0308. The number of carbonyl (C=O) groups is 1. The van der Waals surface area contributed by atoms with Crippen LogP contribution in [0.4, 0.5) is 14.7 Å². The molecule has 1 aliphatic heterocycles. The van der Waals surface area contributed by atoms with Gasteiger partial charge in [-0.1, -0.05) is 0 Å².